The summed E-state index contributed by atoms with van der Waals surface area (Å²) in [4.78, 5) is 0. The maximum absolute atomic E-state index is 9.99. The second kappa shape index (κ2) is 2.86. The number of halogens is 1. The van der Waals surface area contributed by atoms with Crippen LogP contribution in [0.1, 0.15) is 26.7 Å². The summed E-state index contributed by atoms with van der Waals surface area (Å²) in [5.74, 6) is 0. The van der Waals surface area contributed by atoms with Gasteiger partial charge in [-0.05, 0) is 23.8 Å². The van der Waals surface area contributed by atoms with Crippen LogP contribution in [0.3, 0.4) is 0 Å². The quantitative estimate of drug-likeness (QED) is 0.594. The molecule has 0 aromatic carbocycles. The first kappa shape index (κ1) is 9.29. The van der Waals surface area contributed by atoms with Gasteiger partial charge in [0.05, 0.1) is 11.5 Å². The van der Waals surface area contributed by atoms with E-state index in [1.54, 1.807) is 0 Å². The SMILES string of the molecule is CC1(C)CC2=C(C=CC(Cl)C2)C1O. The summed E-state index contributed by atoms with van der Waals surface area (Å²) in [6, 6.07) is 0. The number of hydrogen-bond donors (Lipinski definition) is 1. The molecule has 0 bridgehead atoms. The van der Waals surface area contributed by atoms with E-state index in [0.29, 0.717) is 0 Å². The Balaban J connectivity index is 2.29. The molecule has 13 heavy (non-hydrogen) atoms. The van der Waals surface area contributed by atoms with Crippen LogP contribution in [0.5, 0.6) is 0 Å². The molecule has 0 spiro atoms. The molecule has 0 saturated carbocycles. The Morgan fingerprint density at radius 2 is 2.23 bits per heavy atom. The van der Waals surface area contributed by atoms with Gasteiger partial charge in [-0.3, -0.25) is 0 Å². The Kier molecular flexibility index (Phi) is 2.04. The summed E-state index contributed by atoms with van der Waals surface area (Å²) in [6.07, 6.45) is 5.56. The molecule has 2 aliphatic rings. The third-order valence-corrected chi connectivity index (χ3v) is 3.34. The van der Waals surface area contributed by atoms with Crippen molar-refractivity contribution in [1.82, 2.24) is 0 Å². The van der Waals surface area contributed by atoms with Crippen molar-refractivity contribution < 1.29 is 5.11 Å². The van der Waals surface area contributed by atoms with Crippen LogP contribution < -0.4 is 0 Å². The molecule has 0 radical (unpaired) electrons. The van der Waals surface area contributed by atoms with Gasteiger partial charge < -0.3 is 5.11 Å². The summed E-state index contributed by atoms with van der Waals surface area (Å²) in [7, 11) is 0. The first-order valence-corrected chi connectivity index (χ1v) is 5.16. The monoisotopic (exact) mass is 198 g/mol. The van der Waals surface area contributed by atoms with E-state index < -0.39 is 0 Å². The zero-order chi connectivity index (χ0) is 9.64. The minimum absolute atomic E-state index is 0.00401. The van der Waals surface area contributed by atoms with Gasteiger partial charge in [0.25, 0.3) is 0 Å². The smallest absolute Gasteiger partial charge is 0.0843 e. The maximum Gasteiger partial charge on any atom is 0.0843 e. The molecule has 0 heterocycles. The van der Waals surface area contributed by atoms with E-state index in [9.17, 15) is 5.11 Å². The van der Waals surface area contributed by atoms with E-state index in [4.69, 9.17) is 11.6 Å². The Morgan fingerprint density at radius 3 is 2.92 bits per heavy atom. The lowest BCUT2D eigenvalue weighted by atomic mass is 9.86. The second-order valence-electron chi connectivity index (χ2n) is 4.71. The predicted octanol–water partition coefficient (Wildman–Crippen LogP) is 2.64. The van der Waals surface area contributed by atoms with E-state index in [2.05, 4.69) is 13.8 Å². The summed E-state index contributed by atoms with van der Waals surface area (Å²) in [6.45, 7) is 4.21. The molecule has 0 amide bonds. The third kappa shape index (κ3) is 1.44. The molecule has 0 aromatic rings. The molecule has 2 aliphatic carbocycles. The highest BCUT2D eigenvalue weighted by atomic mass is 35.5. The van der Waals surface area contributed by atoms with Gasteiger partial charge in [-0.2, -0.15) is 0 Å². The molecule has 0 aliphatic heterocycles. The van der Waals surface area contributed by atoms with Crippen molar-refractivity contribution in [3.05, 3.63) is 23.3 Å². The normalized spacial score (nSPS) is 36.6. The van der Waals surface area contributed by atoms with Crippen LogP contribution >= 0.6 is 11.6 Å². The van der Waals surface area contributed by atoms with Crippen molar-refractivity contribution in [2.24, 2.45) is 5.41 Å². The minimum Gasteiger partial charge on any atom is -0.388 e. The molecular formula is C11H15ClO. The molecular weight excluding hydrogens is 184 g/mol. The van der Waals surface area contributed by atoms with Crippen molar-refractivity contribution in [3.8, 4) is 0 Å². The topological polar surface area (TPSA) is 20.2 Å². The van der Waals surface area contributed by atoms with Crippen LogP contribution in [0.2, 0.25) is 0 Å². The minimum atomic E-state index is -0.303. The molecule has 2 rings (SSSR count). The van der Waals surface area contributed by atoms with Crippen LogP contribution in [0, 0.1) is 5.41 Å². The third-order valence-electron chi connectivity index (χ3n) is 3.04. The number of aliphatic hydroxyl groups excluding tert-OH is 1. The van der Waals surface area contributed by atoms with Gasteiger partial charge in [-0.15, -0.1) is 11.6 Å². The van der Waals surface area contributed by atoms with Crippen molar-refractivity contribution >= 4 is 11.6 Å². The molecule has 2 atom stereocenters. The lowest BCUT2D eigenvalue weighted by molar-refractivity contribution is 0.0996. The molecule has 1 N–H and O–H groups in total. The lowest BCUT2D eigenvalue weighted by Gasteiger charge is -2.23. The molecule has 0 saturated heterocycles. The molecule has 0 fully saturated rings. The van der Waals surface area contributed by atoms with E-state index in [1.807, 2.05) is 12.2 Å². The van der Waals surface area contributed by atoms with Crippen molar-refractivity contribution in [1.29, 1.82) is 0 Å². The summed E-state index contributed by atoms with van der Waals surface area (Å²) >= 11 is 6.02. The van der Waals surface area contributed by atoms with Crippen molar-refractivity contribution in [3.63, 3.8) is 0 Å². The lowest BCUT2D eigenvalue weighted by Crippen LogP contribution is -2.24. The van der Waals surface area contributed by atoms with E-state index in [-0.39, 0.29) is 16.9 Å². The number of allylic oxidation sites excluding steroid dienone is 2. The van der Waals surface area contributed by atoms with E-state index in [0.717, 1.165) is 18.4 Å². The van der Waals surface area contributed by atoms with Gasteiger partial charge in [0.15, 0.2) is 0 Å². The van der Waals surface area contributed by atoms with Crippen molar-refractivity contribution in [2.75, 3.05) is 0 Å². The van der Waals surface area contributed by atoms with Gasteiger partial charge in [0, 0.05) is 0 Å². The Labute approximate surface area is 84.1 Å². The Morgan fingerprint density at radius 1 is 1.54 bits per heavy atom. The van der Waals surface area contributed by atoms with E-state index in [1.165, 1.54) is 5.57 Å². The number of hydrogen-bond acceptors (Lipinski definition) is 1. The molecule has 1 nitrogen and oxygen atoms in total. The number of alkyl halides is 1. The van der Waals surface area contributed by atoms with Crippen LogP contribution in [-0.4, -0.2) is 16.6 Å². The Bertz CT molecular complexity index is 288. The maximum atomic E-state index is 9.99. The summed E-state index contributed by atoms with van der Waals surface area (Å²) in [5.41, 5.74) is 2.46. The summed E-state index contributed by atoms with van der Waals surface area (Å²) in [5, 5.41) is 10.1. The van der Waals surface area contributed by atoms with Gasteiger partial charge in [-0.1, -0.05) is 31.6 Å². The fraction of sp³-hybridized carbons (Fsp3) is 0.636. The van der Waals surface area contributed by atoms with Crippen LogP contribution in [0.4, 0.5) is 0 Å². The average Bonchev–Trinajstić information content (AvgIpc) is 2.22. The highest BCUT2D eigenvalue weighted by Gasteiger charge is 2.39. The number of rotatable bonds is 0. The predicted molar refractivity (Wildman–Crippen MR) is 54.8 cm³/mol. The molecule has 2 heteroatoms. The summed E-state index contributed by atoms with van der Waals surface area (Å²) < 4.78 is 0. The van der Waals surface area contributed by atoms with Crippen LogP contribution in [-0.2, 0) is 0 Å². The standard InChI is InChI=1S/C11H15ClO/c1-11(2)6-7-5-8(12)3-4-9(7)10(11)13/h3-4,8,10,13H,5-6H2,1-2H3. The largest absolute Gasteiger partial charge is 0.388 e. The molecule has 72 valence electrons. The average molecular weight is 199 g/mol. The van der Waals surface area contributed by atoms with Crippen molar-refractivity contribution in [2.45, 2.75) is 38.2 Å². The Hall–Kier alpha value is -0.270. The first-order valence-electron chi connectivity index (χ1n) is 4.73. The van der Waals surface area contributed by atoms with Gasteiger partial charge in [0.2, 0.25) is 0 Å². The van der Waals surface area contributed by atoms with Gasteiger partial charge >= 0.3 is 0 Å². The second-order valence-corrected chi connectivity index (χ2v) is 5.27. The van der Waals surface area contributed by atoms with Crippen LogP contribution in [0.25, 0.3) is 0 Å². The van der Waals surface area contributed by atoms with Gasteiger partial charge in [-0.25, -0.2) is 0 Å². The highest BCUT2D eigenvalue weighted by molar-refractivity contribution is 6.22. The highest BCUT2D eigenvalue weighted by Crippen LogP contribution is 2.45. The fourth-order valence-electron chi connectivity index (χ4n) is 2.27. The van der Waals surface area contributed by atoms with Crippen LogP contribution in [0.15, 0.2) is 23.3 Å². The molecule has 2 unspecified atom stereocenters. The zero-order valence-corrected chi connectivity index (χ0v) is 8.80. The number of aliphatic hydroxyl groups is 1. The van der Waals surface area contributed by atoms with E-state index >= 15 is 0 Å². The fourth-order valence-corrected chi connectivity index (χ4v) is 2.53. The zero-order valence-electron chi connectivity index (χ0n) is 8.05. The van der Waals surface area contributed by atoms with Gasteiger partial charge in [0.1, 0.15) is 0 Å². The first-order chi connectivity index (χ1) is 6.00. The molecule has 0 aromatic heterocycles.